The summed E-state index contributed by atoms with van der Waals surface area (Å²) in [4.78, 5) is 19.9. The number of nitrogens with zero attached hydrogens (tertiary/aromatic N) is 2. The van der Waals surface area contributed by atoms with E-state index in [1.54, 1.807) is 0 Å². The molecule has 5 heteroatoms. The normalized spacial score (nSPS) is 15.9. The molecule has 8 rings (SSSR count). The fourth-order valence-corrected chi connectivity index (χ4v) is 7.35. The van der Waals surface area contributed by atoms with Gasteiger partial charge in [-0.2, -0.15) is 0 Å². The first-order valence-electron chi connectivity index (χ1n) is 14.6. The molecule has 4 nitrogen and oxygen atoms in total. The molecule has 208 valence electrons. The highest BCUT2D eigenvalue weighted by Gasteiger charge is 2.32. The number of aryl methyl sites for hydroxylation is 1. The standard InChI is InChI=1S/C38H28N2O2S/c41-37-34(23-25-17-20-30(21-18-25)42-24-29-14-8-13-26-9-4-6-15-31(26)29)43-38-39-35-32-16-7-5-10-27(32)19-22-33(35)36(40(37)38)28-11-2-1-3-12-28/h1-18,20-21,23,36H,19,22,24H2/b34-23+/t36-/m1/s1. The van der Waals surface area contributed by atoms with Gasteiger partial charge in [0.15, 0.2) is 4.80 Å². The summed E-state index contributed by atoms with van der Waals surface area (Å²) >= 11 is 1.46. The lowest BCUT2D eigenvalue weighted by Gasteiger charge is -2.30. The van der Waals surface area contributed by atoms with Gasteiger partial charge in [-0.25, -0.2) is 4.99 Å². The number of rotatable bonds is 5. The summed E-state index contributed by atoms with van der Waals surface area (Å²) in [6.07, 6.45) is 3.81. The second-order valence-corrected chi connectivity index (χ2v) is 12.0. The van der Waals surface area contributed by atoms with Gasteiger partial charge in [-0.3, -0.25) is 9.36 Å². The second kappa shape index (κ2) is 10.7. The van der Waals surface area contributed by atoms with Crippen molar-refractivity contribution < 1.29 is 4.74 Å². The number of hydrogen-bond acceptors (Lipinski definition) is 4. The van der Waals surface area contributed by atoms with Crippen LogP contribution < -0.4 is 19.6 Å². The molecule has 0 saturated carbocycles. The zero-order valence-electron chi connectivity index (χ0n) is 23.4. The minimum atomic E-state index is -0.159. The van der Waals surface area contributed by atoms with E-state index in [0.717, 1.165) is 45.8 Å². The highest BCUT2D eigenvalue weighted by atomic mass is 32.1. The Morgan fingerprint density at radius 2 is 1.58 bits per heavy atom. The molecule has 0 spiro atoms. The molecule has 1 aromatic heterocycles. The summed E-state index contributed by atoms with van der Waals surface area (Å²) in [5.41, 5.74) is 7.96. The second-order valence-electron chi connectivity index (χ2n) is 11.0. The molecule has 6 aromatic rings. The van der Waals surface area contributed by atoms with Crippen LogP contribution in [0.3, 0.4) is 0 Å². The predicted octanol–water partition coefficient (Wildman–Crippen LogP) is 7.05. The van der Waals surface area contributed by atoms with Gasteiger partial charge in [0.2, 0.25) is 0 Å². The lowest BCUT2D eigenvalue weighted by Crippen LogP contribution is -2.38. The molecule has 2 aliphatic rings. The smallest absolute Gasteiger partial charge is 0.271 e. The third-order valence-electron chi connectivity index (χ3n) is 8.44. The summed E-state index contributed by atoms with van der Waals surface area (Å²) in [6, 6.07) is 41.3. The SMILES string of the molecule is O=c1/c(=C\c2ccc(OCc3cccc4ccccc34)cc2)sc2n1[C@H](c1ccccc1)C1=C(N=2)c2ccccc2CC1. The molecular weight excluding hydrogens is 548 g/mol. The molecule has 5 aromatic carbocycles. The van der Waals surface area contributed by atoms with Crippen LogP contribution in [0.1, 0.15) is 40.3 Å². The Labute approximate surface area is 253 Å². The van der Waals surface area contributed by atoms with Crippen molar-refractivity contribution >= 4 is 33.9 Å². The minimum Gasteiger partial charge on any atom is -0.489 e. The van der Waals surface area contributed by atoms with Crippen LogP contribution in [-0.4, -0.2) is 4.57 Å². The Balaban J connectivity index is 1.14. The van der Waals surface area contributed by atoms with Crippen LogP contribution in [0.25, 0.3) is 22.5 Å². The Hall–Kier alpha value is -5.00. The molecule has 1 aliphatic carbocycles. The molecule has 0 saturated heterocycles. The van der Waals surface area contributed by atoms with E-state index in [0.29, 0.717) is 11.1 Å². The van der Waals surface area contributed by atoms with Gasteiger partial charge in [-0.05, 0) is 69.6 Å². The van der Waals surface area contributed by atoms with Crippen LogP contribution in [0.15, 0.2) is 137 Å². The van der Waals surface area contributed by atoms with Crippen LogP contribution in [-0.2, 0) is 13.0 Å². The van der Waals surface area contributed by atoms with E-state index in [4.69, 9.17) is 9.73 Å². The number of benzene rings is 5. The van der Waals surface area contributed by atoms with Crippen LogP contribution in [0.4, 0.5) is 0 Å². The predicted molar refractivity (Wildman–Crippen MR) is 174 cm³/mol. The topological polar surface area (TPSA) is 43.6 Å². The molecule has 1 atom stereocenters. The molecule has 0 N–H and O–H groups in total. The van der Waals surface area contributed by atoms with E-state index in [1.165, 1.54) is 38.8 Å². The van der Waals surface area contributed by atoms with Crippen LogP contribution in [0, 0.1) is 0 Å². The van der Waals surface area contributed by atoms with Crippen molar-refractivity contribution in [2.75, 3.05) is 0 Å². The van der Waals surface area contributed by atoms with E-state index in [1.807, 2.05) is 53.1 Å². The van der Waals surface area contributed by atoms with Crippen molar-refractivity contribution in [3.05, 3.63) is 174 Å². The summed E-state index contributed by atoms with van der Waals surface area (Å²) in [5, 5.41) is 2.41. The first kappa shape index (κ1) is 25.7. The molecule has 43 heavy (non-hydrogen) atoms. The number of allylic oxidation sites excluding steroid dienone is 1. The lowest BCUT2D eigenvalue weighted by molar-refractivity contribution is 0.307. The Kier molecular flexibility index (Phi) is 6.38. The molecule has 0 fully saturated rings. The van der Waals surface area contributed by atoms with E-state index < -0.39 is 0 Å². The van der Waals surface area contributed by atoms with Crippen molar-refractivity contribution in [1.29, 1.82) is 0 Å². The van der Waals surface area contributed by atoms with Crippen LogP contribution >= 0.6 is 11.3 Å². The average Bonchev–Trinajstić information content (AvgIpc) is 3.37. The summed E-state index contributed by atoms with van der Waals surface area (Å²) in [5.74, 6) is 0.793. The Bertz CT molecular complexity index is 2200. The quantitative estimate of drug-likeness (QED) is 0.221. The van der Waals surface area contributed by atoms with Gasteiger partial charge in [0.25, 0.3) is 5.56 Å². The van der Waals surface area contributed by atoms with Crippen molar-refractivity contribution in [2.45, 2.75) is 25.5 Å². The van der Waals surface area contributed by atoms with Gasteiger partial charge in [0, 0.05) is 5.56 Å². The van der Waals surface area contributed by atoms with Crippen molar-refractivity contribution in [2.24, 2.45) is 4.99 Å². The van der Waals surface area contributed by atoms with Crippen molar-refractivity contribution in [3.63, 3.8) is 0 Å². The van der Waals surface area contributed by atoms with Crippen LogP contribution in [0.2, 0.25) is 0 Å². The van der Waals surface area contributed by atoms with Crippen molar-refractivity contribution in [1.82, 2.24) is 4.57 Å². The maximum absolute atomic E-state index is 14.0. The van der Waals surface area contributed by atoms with E-state index >= 15 is 0 Å². The zero-order valence-corrected chi connectivity index (χ0v) is 24.3. The summed E-state index contributed by atoms with van der Waals surface area (Å²) in [6.45, 7) is 0.493. The van der Waals surface area contributed by atoms with Crippen LogP contribution in [0.5, 0.6) is 5.75 Å². The average molecular weight is 577 g/mol. The maximum Gasteiger partial charge on any atom is 0.271 e. The number of ether oxygens (including phenoxy) is 1. The largest absolute Gasteiger partial charge is 0.489 e. The molecule has 0 radical (unpaired) electrons. The van der Waals surface area contributed by atoms with Gasteiger partial charge in [-0.1, -0.05) is 121 Å². The fraction of sp³-hybridized carbons (Fsp3) is 0.105. The van der Waals surface area contributed by atoms with Crippen molar-refractivity contribution in [3.8, 4) is 5.75 Å². The maximum atomic E-state index is 14.0. The van der Waals surface area contributed by atoms with Gasteiger partial charge >= 0.3 is 0 Å². The Morgan fingerprint density at radius 3 is 2.47 bits per heavy atom. The van der Waals surface area contributed by atoms with E-state index in [9.17, 15) is 4.79 Å². The number of thiazole rings is 1. The number of aromatic nitrogens is 1. The molecular formula is C38H28N2O2S. The molecule has 0 amide bonds. The van der Waals surface area contributed by atoms with E-state index in [2.05, 4.69) is 78.9 Å². The van der Waals surface area contributed by atoms with Gasteiger partial charge in [-0.15, -0.1) is 0 Å². The molecule has 2 heterocycles. The monoisotopic (exact) mass is 576 g/mol. The fourth-order valence-electron chi connectivity index (χ4n) is 6.35. The third-order valence-corrected chi connectivity index (χ3v) is 9.42. The molecule has 0 unspecified atom stereocenters. The van der Waals surface area contributed by atoms with Gasteiger partial charge in [0.05, 0.1) is 16.3 Å². The number of fused-ring (bicyclic) bond motifs is 4. The molecule has 0 bridgehead atoms. The highest BCUT2D eigenvalue weighted by molar-refractivity contribution is 7.07. The first-order chi connectivity index (χ1) is 21.2. The zero-order chi connectivity index (χ0) is 28.8. The third kappa shape index (κ3) is 4.62. The lowest BCUT2D eigenvalue weighted by atomic mass is 9.83. The van der Waals surface area contributed by atoms with E-state index in [-0.39, 0.29) is 11.6 Å². The highest BCUT2D eigenvalue weighted by Crippen LogP contribution is 2.41. The minimum absolute atomic E-state index is 0.000654. The van der Waals surface area contributed by atoms with Gasteiger partial charge in [0.1, 0.15) is 12.4 Å². The first-order valence-corrected chi connectivity index (χ1v) is 15.4. The Morgan fingerprint density at radius 1 is 0.814 bits per heavy atom. The number of hydrogen-bond donors (Lipinski definition) is 0. The molecule has 1 aliphatic heterocycles. The van der Waals surface area contributed by atoms with Gasteiger partial charge < -0.3 is 4.74 Å². The summed E-state index contributed by atoms with van der Waals surface area (Å²) < 4.78 is 8.72. The summed E-state index contributed by atoms with van der Waals surface area (Å²) in [7, 11) is 0.